The highest BCUT2D eigenvalue weighted by Crippen LogP contribution is 2.37. The quantitative estimate of drug-likeness (QED) is 0.873. The predicted octanol–water partition coefficient (Wildman–Crippen LogP) is 3.25. The van der Waals surface area contributed by atoms with Gasteiger partial charge in [-0.15, -0.1) is 0 Å². The first-order chi connectivity index (χ1) is 7.66. The second-order valence-electron chi connectivity index (χ2n) is 4.18. The zero-order chi connectivity index (χ0) is 11.3. The highest BCUT2D eigenvalue weighted by Gasteiger charge is 2.24. The number of fused-ring (bicyclic) bond motifs is 1. The molecule has 5 heteroatoms. The van der Waals surface area contributed by atoms with Gasteiger partial charge in [-0.2, -0.15) is 0 Å². The Hall–Kier alpha value is -1.10. The lowest BCUT2D eigenvalue weighted by Crippen LogP contribution is -2.18. The first-order valence-corrected chi connectivity index (χ1v) is 6.08. The maximum atomic E-state index is 13.5. The summed E-state index contributed by atoms with van der Waals surface area (Å²) in [6, 6.07) is 3.57. The Kier molecular flexibility index (Phi) is 2.17. The summed E-state index contributed by atoms with van der Waals surface area (Å²) in [4.78, 5) is 4.26. The van der Waals surface area contributed by atoms with Gasteiger partial charge in [0, 0.05) is 12.1 Å². The number of halogens is 2. The highest BCUT2D eigenvalue weighted by atomic mass is 79.9. The average molecular weight is 284 g/mol. The molecule has 3 nitrogen and oxygen atoms in total. The second-order valence-corrected chi connectivity index (χ2v) is 5.03. The fourth-order valence-electron chi connectivity index (χ4n) is 2.14. The number of imidazole rings is 1. The normalized spacial score (nSPS) is 16.6. The molecule has 0 saturated heterocycles. The predicted molar refractivity (Wildman–Crippen MR) is 64.7 cm³/mol. The molecule has 2 aromatic rings. The van der Waals surface area contributed by atoms with Gasteiger partial charge < -0.3 is 10.3 Å². The molecule has 0 radical (unpaired) electrons. The van der Waals surface area contributed by atoms with Crippen LogP contribution in [0.5, 0.6) is 0 Å². The van der Waals surface area contributed by atoms with Crippen molar-refractivity contribution in [1.29, 1.82) is 0 Å². The number of nitrogens with zero attached hydrogens (tertiary/aromatic N) is 2. The monoisotopic (exact) mass is 283 g/mol. The molecule has 0 atom stereocenters. The molecule has 0 aliphatic heterocycles. The fourth-order valence-corrected chi connectivity index (χ4v) is 2.47. The summed E-state index contributed by atoms with van der Waals surface area (Å²) >= 11 is 3.15. The lowest BCUT2D eigenvalue weighted by molar-refractivity contribution is 0.324. The van der Waals surface area contributed by atoms with Gasteiger partial charge in [-0.05, 0) is 41.3 Å². The van der Waals surface area contributed by atoms with Crippen LogP contribution in [0.25, 0.3) is 11.0 Å². The number of aromatic nitrogens is 2. The van der Waals surface area contributed by atoms with E-state index >= 15 is 0 Å². The number of anilines is 1. The molecule has 1 aliphatic carbocycles. The van der Waals surface area contributed by atoms with E-state index in [4.69, 9.17) is 5.73 Å². The SMILES string of the molecule is Nc1nc2cc(Br)c(F)cc2n1C1CCC1. The van der Waals surface area contributed by atoms with E-state index in [0.29, 0.717) is 16.5 Å². The van der Waals surface area contributed by atoms with Crippen molar-refractivity contribution in [3.63, 3.8) is 0 Å². The molecule has 0 unspecified atom stereocenters. The third-order valence-corrected chi connectivity index (χ3v) is 3.81. The third-order valence-electron chi connectivity index (χ3n) is 3.20. The number of hydrogen-bond acceptors (Lipinski definition) is 2. The Bertz CT molecular complexity index is 560. The fraction of sp³-hybridized carbons (Fsp3) is 0.364. The summed E-state index contributed by atoms with van der Waals surface area (Å²) < 4.78 is 15.9. The Balaban J connectivity index is 2.26. The van der Waals surface area contributed by atoms with Crippen LogP contribution in [0.3, 0.4) is 0 Å². The summed E-state index contributed by atoms with van der Waals surface area (Å²) in [6.45, 7) is 0. The lowest BCUT2D eigenvalue weighted by atomic mass is 9.93. The minimum absolute atomic E-state index is 0.270. The molecular formula is C11H11BrFN3. The summed E-state index contributed by atoms with van der Waals surface area (Å²) in [6.07, 6.45) is 3.42. The summed E-state index contributed by atoms with van der Waals surface area (Å²) in [7, 11) is 0. The zero-order valence-electron chi connectivity index (χ0n) is 8.58. The maximum absolute atomic E-state index is 13.5. The van der Waals surface area contributed by atoms with Crippen LogP contribution in [-0.2, 0) is 0 Å². The van der Waals surface area contributed by atoms with Crippen molar-refractivity contribution in [3.05, 3.63) is 22.4 Å². The maximum Gasteiger partial charge on any atom is 0.201 e. The molecule has 0 bridgehead atoms. The molecular weight excluding hydrogens is 273 g/mol. The van der Waals surface area contributed by atoms with Crippen molar-refractivity contribution in [3.8, 4) is 0 Å². The van der Waals surface area contributed by atoms with E-state index in [-0.39, 0.29) is 5.82 Å². The van der Waals surface area contributed by atoms with Gasteiger partial charge in [0.05, 0.1) is 15.5 Å². The topological polar surface area (TPSA) is 43.8 Å². The zero-order valence-corrected chi connectivity index (χ0v) is 10.2. The van der Waals surface area contributed by atoms with Gasteiger partial charge in [0.1, 0.15) is 5.82 Å². The van der Waals surface area contributed by atoms with Crippen LogP contribution in [0.4, 0.5) is 10.3 Å². The third kappa shape index (κ3) is 1.34. The van der Waals surface area contributed by atoms with Gasteiger partial charge in [-0.25, -0.2) is 9.37 Å². The molecule has 84 valence electrons. The van der Waals surface area contributed by atoms with Crippen molar-refractivity contribution < 1.29 is 4.39 Å². The number of benzene rings is 1. The molecule has 0 spiro atoms. The van der Waals surface area contributed by atoms with Crippen LogP contribution in [-0.4, -0.2) is 9.55 Å². The smallest absolute Gasteiger partial charge is 0.201 e. The van der Waals surface area contributed by atoms with E-state index in [0.717, 1.165) is 23.9 Å². The summed E-state index contributed by atoms with van der Waals surface area (Å²) in [5.41, 5.74) is 7.42. The van der Waals surface area contributed by atoms with Crippen LogP contribution in [0.2, 0.25) is 0 Å². The molecule has 1 heterocycles. The standard InChI is InChI=1S/C11H11BrFN3/c12-7-4-9-10(5-8(7)13)16(11(14)15-9)6-2-1-3-6/h4-6H,1-3H2,(H2,14,15). The summed E-state index contributed by atoms with van der Waals surface area (Å²) in [5.74, 6) is 0.213. The number of nitrogens with two attached hydrogens (primary N) is 1. The van der Waals surface area contributed by atoms with Crippen molar-refractivity contribution in [2.75, 3.05) is 5.73 Å². The van der Waals surface area contributed by atoms with E-state index in [1.54, 1.807) is 6.07 Å². The van der Waals surface area contributed by atoms with Gasteiger partial charge in [0.2, 0.25) is 5.95 Å². The van der Waals surface area contributed by atoms with E-state index in [2.05, 4.69) is 20.9 Å². The number of hydrogen-bond donors (Lipinski definition) is 1. The van der Waals surface area contributed by atoms with Gasteiger partial charge in [-0.1, -0.05) is 0 Å². The largest absolute Gasteiger partial charge is 0.369 e. The van der Waals surface area contributed by atoms with E-state index in [9.17, 15) is 4.39 Å². The molecule has 16 heavy (non-hydrogen) atoms. The van der Waals surface area contributed by atoms with Crippen LogP contribution < -0.4 is 5.73 Å². The first-order valence-electron chi connectivity index (χ1n) is 5.29. The number of nitrogen functional groups attached to an aromatic ring is 1. The summed E-state index contributed by atoms with van der Waals surface area (Å²) in [5, 5.41) is 0. The molecule has 1 aliphatic rings. The van der Waals surface area contributed by atoms with Gasteiger partial charge >= 0.3 is 0 Å². The Morgan fingerprint density at radius 3 is 2.81 bits per heavy atom. The molecule has 1 saturated carbocycles. The minimum atomic E-state index is -0.270. The van der Waals surface area contributed by atoms with E-state index in [1.807, 2.05) is 4.57 Å². The molecule has 2 N–H and O–H groups in total. The molecule has 1 aromatic carbocycles. The van der Waals surface area contributed by atoms with Crippen molar-refractivity contribution in [2.24, 2.45) is 0 Å². The average Bonchev–Trinajstić information content (AvgIpc) is 2.43. The first kappa shape index (κ1) is 10.1. The molecule has 0 amide bonds. The van der Waals surface area contributed by atoms with E-state index < -0.39 is 0 Å². The second kappa shape index (κ2) is 3.45. The van der Waals surface area contributed by atoms with Crippen molar-refractivity contribution in [1.82, 2.24) is 9.55 Å². The van der Waals surface area contributed by atoms with E-state index in [1.165, 1.54) is 12.5 Å². The minimum Gasteiger partial charge on any atom is -0.369 e. The van der Waals surface area contributed by atoms with Gasteiger partial charge in [-0.3, -0.25) is 0 Å². The van der Waals surface area contributed by atoms with Crippen LogP contribution in [0, 0.1) is 5.82 Å². The Morgan fingerprint density at radius 2 is 2.19 bits per heavy atom. The van der Waals surface area contributed by atoms with Crippen molar-refractivity contribution in [2.45, 2.75) is 25.3 Å². The Morgan fingerprint density at radius 1 is 1.44 bits per heavy atom. The molecule has 3 rings (SSSR count). The lowest BCUT2D eigenvalue weighted by Gasteiger charge is -2.28. The van der Waals surface area contributed by atoms with Crippen molar-refractivity contribution >= 4 is 32.9 Å². The van der Waals surface area contributed by atoms with Crippen LogP contribution in [0.1, 0.15) is 25.3 Å². The Labute approximate surface area is 101 Å². The van der Waals surface area contributed by atoms with Crippen LogP contribution in [0.15, 0.2) is 16.6 Å². The van der Waals surface area contributed by atoms with Gasteiger partial charge in [0.25, 0.3) is 0 Å². The highest BCUT2D eigenvalue weighted by molar-refractivity contribution is 9.10. The molecule has 1 aromatic heterocycles. The number of rotatable bonds is 1. The molecule has 1 fully saturated rings. The van der Waals surface area contributed by atoms with Gasteiger partial charge in [0.15, 0.2) is 0 Å². The van der Waals surface area contributed by atoms with Crippen LogP contribution >= 0.6 is 15.9 Å².